The van der Waals surface area contributed by atoms with E-state index in [0.29, 0.717) is 39.4 Å². The van der Waals surface area contributed by atoms with Crippen LogP contribution in [0.4, 0.5) is 25.1 Å². The lowest BCUT2D eigenvalue weighted by Gasteiger charge is -2.40. The number of fused-ring (bicyclic) bond motifs is 1. The van der Waals surface area contributed by atoms with E-state index in [-0.39, 0.29) is 35.7 Å². The molecule has 1 aromatic heterocycles. The van der Waals surface area contributed by atoms with E-state index in [2.05, 4.69) is 10.3 Å². The van der Waals surface area contributed by atoms with Gasteiger partial charge < -0.3 is 24.9 Å². The zero-order valence-electron chi connectivity index (χ0n) is 20.6. The number of aryl methyl sites for hydroxylation is 1. The molecule has 1 heterocycles. The third-order valence-corrected chi connectivity index (χ3v) is 7.34. The smallest absolute Gasteiger partial charge is 0.310 e. The molecular formula is C26H24ClF5N2O4S. The number of aromatic nitrogens is 1. The molecule has 0 saturated carbocycles. The molecule has 0 aliphatic rings. The van der Waals surface area contributed by atoms with Crippen molar-refractivity contribution in [3.63, 3.8) is 0 Å². The van der Waals surface area contributed by atoms with Gasteiger partial charge in [0.15, 0.2) is 5.78 Å². The van der Waals surface area contributed by atoms with Gasteiger partial charge in [0, 0.05) is 51.6 Å². The Balaban J connectivity index is 1.84. The molecule has 39 heavy (non-hydrogen) atoms. The average Bonchev–Trinajstić information content (AvgIpc) is 3.28. The molecule has 0 radical (unpaired) electrons. The third kappa shape index (κ3) is 6.40. The summed E-state index contributed by atoms with van der Waals surface area (Å²) < 4.78 is 78.5. The maximum absolute atomic E-state index is 13.9. The van der Waals surface area contributed by atoms with Crippen molar-refractivity contribution in [3.8, 4) is 11.5 Å². The Morgan fingerprint density at radius 2 is 1.77 bits per heavy atom. The first-order valence-corrected chi connectivity index (χ1v) is 13.8. The topological polar surface area (TPSA) is 83.6 Å². The number of aliphatic hydroxyl groups is 1. The highest BCUT2D eigenvalue weighted by Crippen LogP contribution is 3.02. The van der Waals surface area contributed by atoms with Crippen LogP contribution in [0.1, 0.15) is 27.5 Å². The van der Waals surface area contributed by atoms with Gasteiger partial charge in [-0.3, -0.25) is 4.79 Å². The quantitative estimate of drug-likeness (QED) is 0.128. The SMILES string of the molecule is COc1cc(NC(C(=O)c2c[nH]c3ccc(S(F)(F)(F)(F)F)cc23)c2ccc(Cl)cc2C)cc(OCCO)c1. The Morgan fingerprint density at radius 1 is 1.05 bits per heavy atom. The molecule has 3 N–H and O–H groups in total. The molecule has 0 aliphatic heterocycles. The lowest BCUT2D eigenvalue weighted by atomic mass is 9.93. The number of nitrogens with one attached hydrogen (secondary N) is 2. The van der Waals surface area contributed by atoms with E-state index in [1.54, 1.807) is 43.3 Å². The first-order chi connectivity index (χ1) is 18.1. The van der Waals surface area contributed by atoms with E-state index in [9.17, 15) is 24.2 Å². The van der Waals surface area contributed by atoms with E-state index >= 15 is 0 Å². The van der Waals surface area contributed by atoms with Crippen molar-refractivity contribution in [2.24, 2.45) is 0 Å². The molecule has 0 fully saturated rings. The van der Waals surface area contributed by atoms with Crippen LogP contribution in [0.15, 0.2) is 65.7 Å². The number of ether oxygens (including phenoxy) is 2. The second kappa shape index (κ2) is 9.61. The predicted octanol–water partition coefficient (Wildman–Crippen LogP) is 8.20. The van der Waals surface area contributed by atoms with Gasteiger partial charge in [-0.2, -0.15) is 0 Å². The monoisotopic (exact) mass is 590 g/mol. The van der Waals surface area contributed by atoms with Crippen LogP contribution in [-0.4, -0.2) is 36.2 Å². The lowest BCUT2D eigenvalue weighted by molar-refractivity contribution is 0.0970. The van der Waals surface area contributed by atoms with Crippen LogP contribution in [0.5, 0.6) is 11.5 Å². The first kappa shape index (κ1) is 28.5. The summed E-state index contributed by atoms with van der Waals surface area (Å²) in [6, 6.07) is 9.69. The summed E-state index contributed by atoms with van der Waals surface area (Å²) in [5.41, 5.74) is 1.25. The molecule has 0 spiro atoms. The van der Waals surface area contributed by atoms with Crippen molar-refractivity contribution in [2.45, 2.75) is 17.9 Å². The van der Waals surface area contributed by atoms with E-state index in [1.807, 2.05) is 0 Å². The molecule has 210 valence electrons. The summed E-state index contributed by atoms with van der Waals surface area (Å²) in [5.74, 6) is -0.0104. The van der Waals surface area contributed by atoms with Crippen LogP contribution >= 0.6 is 21.8 Å². The third-order valence-electron chi connectivity index (χ3n) is 5.96. The van der Waals surface area contributed by atoms with Gasteiger partial charge in [-0.1, -0.05) is 37.1 Å². The number of H-pyrrole nitrogens is 1. The molecule has 0 amide bonds. The summed E-state index contributed by atoms with van der Waals surface area (Å²) in [6.45, 7) is 1.45. The summed E-state index contributed by atoms with van der Waals surface area (Å²) in [7, 11) is -8.58. The van der Waals surface area contributed by atoms with Crippen LogP contribution in [0.3, 0.4) is 0 Å². The Labute approximate surface area is 225 Å². The summed E-state index contributed by atoms with van der Waals surface area (Å²) >= 11 is 6.10. The van der Waals surface area contributed by atoms with Crippen molar-refractivity contribution >= 4 is 44.2 Å². The highest BCUT2D eigenvalue weighted by molar-refractivity contribution is 8.45. The molecule has 13 heteroatoms. The first-order valence-electron chi connectivity index (χ1n) is 11.4. The molecule has 1 unspecified atom stereocenters. The summed E-state index contributed by atoms with van der Waals surface area (Å²) in [6.07, 6.45) is 1.18. The van der Waals surface area contributed by atoms with Crippen molar-refractivity contribution in [2.75, 3.05) is 25.6 Å². The van der Waals surface area contributed by atoms with Gasteiger partial charge in [0.25, 0.3) is 0 Å². The summed E-state index contributed by atoms with van der Waals surface area (Å²) in [4.78, 5) is 14.5. The Hall–Kier alpha value is -3.48. The minimum absolute atomic E-state index is 0.00487. The fourth-order valence-corrected chi connectivity index (χ4v) is 5.03. The number of rotatable bonds is 10. The molecule has 0 aliphatic carbocycles. The molecule has 0 saturated heterocycles. The fourth-order valence-electron chi connectivity index (χ4n) is 4.13. The van der Waals surface area contributed by atoms with Gasteiger partial charge in [-0.05, 0) is 48.4 Å². The standard InChI is InChI=1S/C26H24ClF5N2O4S/c1-15-9-16(27)3-5-21(15)25(34-17-10-18(37-2)12-19(11-17)38-8-7-35)26(36)23-14-33-24-6-4-20(13-22(23)24)39(28,29,30,31)32/h3-6,9-14,25,33-35H,7-8H2,1-2H3. The van der Waals surface area contributed by atoms with Gasteiger partial charge in [-0.15, -0.1) is 0 Å². The average molecular weight is 591 g/mol. The number of aromatic amines is 1. The van der Waals surface area contributed by atoms with Crippen LogP contribution < -0.4 is 14.8 Å². The van der Waals surface area contributed by atoms with E-state index in [1.165, 1.54) is 13.3 Å². The molecular weight excluding hydrogens is 567 g/mol. The van der Waals surface area contributed by atoms with Crippen molar-refractivity contribution in [1.82, 2.24) is 4.98 Å². The van der Waals surface area contributed by atoms with Gasteiger partial charge in [-0.25, -0.2) is 0 Å². The number of methoxy groups -OCH3 is 1. The number of halogens is 6. The van der Waals surface area contributed by atoms with Crippen LogP contribution in [0, 0.1) is 6.92 Å². The van der Waals surface area contributed by atoms with E-state index in [0.717, 1.165) is 6.07 Å². The fraction of sp³-hybridized carbons (Fsp3) is 0.192. The zero-order chi connectivity index (χ0) is 28.7. The largest absolute Gasteiger partial charge is 0.497 e. The molecule has 4 aromatic rings. The highest BCUT2D eigenvalue weighted by atomic mass is 35.5. The van der Waals surface area contributed by atoms with Gasteiger partial charge in [0.2, 0.25) is 0 Å². The lowest BCUT2D eigenvalue weighted by Crippen LogP contribution is -2.22. The van der Waals surface area contributed by atoms with E-state index < -0.39 is 26.9 Å². The number of aliphatic hydroxyl groups excluding tert-OH is 1. The molecule has 0 bridgehead atoms. The minimum Gasteiger partial charge on any atom is -0.497 e. The Kier molecular flexibility index (Phi) is 7.03. The van der Waals surface area contributed by atoms with Crippen molar-refractivity contribution in [3.05, 3.63) is 82.5 Å². The van der Waals surface area contributed by atoms with E-state index in [4.69, 9.17) is 26.2 Å². The number of anilines is 1. The van der Waals surface area contributed by atoms with Gasteiger partial charge >= 0.3 is 10.2 Å². The normalized spacial score (nSPS) is 14.4. The Morgan fingerprint density at radius 3 is 2.41 bits per heavy atom. The van der Waals surface area contributed by atoms with Crippen molar-refractivity contribution < 1.29 is 38.8 Å². The van der Waals surface area contributed by atoms with Gasteiger partial charge in [0.1, 0.15) is 29.0 Å². The number of hydrogen-bond donors (Lipinski definition) is 3. The molecule has 4 rings (SSSR count). The van der Waals surface area contributed by atoms with Gasteiger partial charge in [0.05, 0.1) is 13.7 Å². The van der Waals surface area contributed by atoms with Crippen LogP contribution in [0.25, 0.3) is 10.9 Å². The second-order valence-corrected chi connectivity index (χ2v) is 11.6. The Bertz CT molecular complexity index is 1560. The molecule has 1 atom stereocenters. The number of hydrogen-bond acceptors (Lipinski definition) is 5. The van der Waals surface area contributed by atoms with Crippen LogP contribution in [0.2, 0.25) is 5.02 Å². The summed E-state index contributed by atoms with van der Waals surface area (Å²) in [5, 5.41) is 12.3. The zero-order valence-corrected chi connectivity index (χ0v) is 22.2. The number of benzene rings is 3. The number of ketones is 1. The van der Waals surface area contributed by atoms with Crippen LogP contribution in [-0.2, 0) is 0 Å². The second-order valence-electron chi connectivity index (χ2n) is 8.79. The minimum atomic E-state index is -10.0. The highest BCUT2D eigenvalue weighted by Gasteiger charge is 2.65. The number of carbonyl (C=O) groups excluding carboxylic acids is 1. The number of carbonyl (C=O) groups is 1. The maximum atomic E-state index is 13.9. The molecule has 6 nitrogen and oxygen atoms in total. The van der Waals surface area contributed by atoms with Crippen molar-refractivity contribution in [1.29, 1.82) is 0 Å². The number of Topliss-reactive ketones (excluding diaryl/α,β-unsaturated/α-hetero) is 1. The maximum Gasteiger partial charge on any atom is 0.310 e. The predicted molar refractivity (Wildman–Crippen MR) is 142 cm³/mol. The molecule has 3 aromatic carbocycles.